The number of rotatable bonds is 38. The van der Waals surface area contributed by atoms with E-state index in [1.807, 2.05) is 110 Å². The van der Waals surface area contributed by atoms with Gasteiger partial charge in [-0.15, -0.1) is 11.3 Å². The molecule has 7 rings (SSSR count). The van der Waals surface area contributed by atoms with Gasteiger partial charge in [0.2, 0.25) is 23.6 Å². The van der Waals surface area contributed by atoms with E-state index in [4.69, 9.17) is 38.8 Å². The molecule has 23 nitrogen and oxygen atoms in total. The molecule has 2 aliphatic heterocycles. The maximum absolute atomic E-state index is 14.0. The van der Waals surface area contributed by atoms with E-state index in [2.05, 4.69) is 25.8 Å². The zero-order valence-electron chi connectivity index (χ0n) is 55.8. The normalized spacial score (nSPS) is 16.3. The second kappa shape index (κ2) is 37.0. The highest BCUT2D eigenvalue weighted by Gasteiger charge is 2.44. The molecule has 2 aromatic carbocycles. The van der Waals surface area contributed by atoms with Gasteiger partial charge in [0.1, 0.15) is 31.1 Å². The molecule has 4 amide bonds. The fourth-order valence-electron chi connectivity index (χ4n) is 11.3. The van der Waals surface area contributed by atoms with Gasteiger partial charge in [-0.3, -0.25) is 33.6 Å². The molecule has 0 unspecified atom stereocenters. The first kappa shape index (κ1) is 74.0. The third-order valence-electron chi connectivity index (χ3n) is 16.3. The third-order valence-corrected chi connectivity index (χ3v) is 17.3. The van der Waals surface area contributed by atoms with Crippen LogP contribution in [0.1, 0.15) is 121 Å². The Hall–Kier alpha value is -7.42. The van der Waals surface area contributed by atoms with Crippen LogP contribution < -0.4 is 20.9 Å². The van der Waals surface area contributed by atoms with E-state index in [0.29, 0.717) is 94.1 Å². The Morgan fingerprint density at radius 3 is 2.04 bits per heavy atom. The number of nitrogens with zero attached hydrogens (tertiary/aromatic N) is 5. The molecule has 2 saturated heterocycles. The highest BCUT2D eigenvalue weighted by Crippen LogP contribution is 2.33. The molecule has 2 fully saturated rings. The summed E-state index contributed by atoms with van der Waals surface area (Å²) in [5.74, 6) is -0.683. The zero-order chi connectivity index (χ0) is 67.7. The number of carbonyl (C=O) groups is 7. The van der Waals surface area contributed by atoms with E-state index in [9.17, 15) is 38.7 Å². The van der Waals surface area contributed by atoms with Crippen molar-refractivity contribution in [1.29, 1.82) is 5.41 Å². The minimum absolute atomic E-state index is 0.00126. The smallest absolute Gasteiger partial charge is 0.248 e. The molecule has 94 heavy (non-hydrogen) atoms. The van der Waals surface area contributed by atoms with E-state index in [1.54, 1.807) is 27.9 Å². The number of carbonyl (C=O) groups excluding carboxylic acids is 7. The van der Waals surface area contributed by atoms with Gasteiger partial charge in [-0.25, -0.2) is 9.97 Å². The summed E-state index contributed by atoms with van der Waals surface area (Å²) >= 11 is 1.57. The number of ether oxygens (including phenoxy) is 6. The average molecular weight is 1320 g/mol. The second-order valence-corrected chi connectivity index (χ2v) is 26.1. The number of Topliss-reactive ketones (excluding diaryl/α,β-unsaturated/α-hetero) is 3. The van der Waals surface area contributed by atoms with Crippen molar-refractivity contribution in [1.82, 2.24) is 30.4 Å². The molecule has 2 aromatic heterocycles. The standard InChI is InChI=1S/C70H95N9O14S/c1-46(2)75-59-37-53(36-57(58(59)39-71)61(82)17-16-56-48(4)34-47(3)35-62(56)83)52-15-18-63(72-41-52)77-20-22-78(23-21-77)65(85)44-93-33-31-91-30-32-92-43-54(80)10-9-24-88-26-28-90-29-27-89-25-19-64(84)76-67(70(6,7)8)69(87)79-42-55(81)38-60(79)68(86)73-40-50-11-13-51(14-12-50)66-49(5)74-45-94-66/h11-15,18,34,36-37,39,41,45-46,55,60,67,71,75,81H,9-10,16-17,19-33,35,38,40,42-44H2,1-8H3,(H,73,86)(H,76,84)/t55-,60+,67-/m1/s1. The third kappa shape index (κ3) is 22.6. The largest absolute Gasteiger partial charge is 0.391 e. The quantitative estimate of drug-likeness (QED) is 0.0165. The lowest BCUT2D eigenvalue weighted by Crippen LogP contribution is -2.57. The summed E-state index contributed by atoms with van der Waals surface area (Å²) < 4.78 is 33.4. The van der Waals surface area contributed by atoms with Gasteiger partial charge < -0.3 is 69.6 Å². The molecule has 0 spiro atoms. The Balaban J connectivity index is 0.670. The summed E-state index contributed by atoms with van der Waals surface area (Å²) in [4.78, 5) is 108. The molecule has 5 N–H and O–H groups in total. The highest BCUT2D eigenvalue weighted by atomic mass is 32.1. The second-order valence-electron chi connectivity index (χ2n) is 25.3. The molecule has 3 atom stereocenters. The minimum atomic E-state index is -0.951. The zero-order valence-corrected chi connectivity index (χ0v) is 56.6. The number of amides is 4. The molecule has 3 aliphatic rings. The summed E-state index contributed by atoms with van der Waals surface area (Å²) in [6.45, 7) is 20.2. The van der Waals surface area contributed by atoms with Gasteiger partial charge in [-0.2, -0.15) is 0 Å². The topological polar surface area (TPSA) is 291 Å². The van der Waals surface area contributed by atoms with Crippen LogP contribution in [0.25, 0.3) is 21.6 Å². The number of aliphatic hydroxyl groups is 1. The number of anilines is 2. The molecule has 4 aromatic rings. The van der Waals surface area contributed by atoms with E-state index < -0.39 is 29.5 Å². The Morgan fingerprint density at radius 2 is 1.43 bits per heavy atom. The highest BCUT2D eigenvalue weighted by molar-refractivity contribution is 7.13. The van der Waals surface area contributed by atoms with Crippen molar-refractivity contribution in [3.8, 4) is 21.6 Å². The van der Waals surface area contributed by atoms with Gasteiger partial charge >= 0.3 is 0 Å². The van der Waals surface area contributed by atoms with E-state index >= 15 is 0 Å². The average Bonchev–Trinajstić information content (AvgIpc) is 1.26. The lowest BCUT2D eigenvalue weighted by molar-refractivity contribution is -0.144. The predicted molar refractivity (Wildman–Crippen MR) is 360 cm³/mol. The van der Waals surface area contributed by atoms with Gasteiger partial charge in [-0.05, 0) is 105 Å². The lowest BCUT2D eigenvalue weighted by atomic mass is 9.85. The van der Waals surface area contributed by atoms with Crippen LogP contribution in [-0.2, 0) is 63.7 Å². The molecule has 1 aliphatic carbocycles. The minimum Gasteiger partial charge on any atom is -0.391 e. The summed E-state index contributed by atoms with van der Waals surface area (Å²) in [6.07, 6.45) is 5.89. The van der Waals surface area contributed by atoms with Gasteiger partial charge in [0.05, 0.1) is 81.6 Å². The van der Waals surface area contributed by atoms with Gasteiger partial charge in [0.15, 0.2) is 17.3 Å². The molecule has 0 radical (unpaired) electrons. The first-order chi connectivity index (χ1) is 45.1. The molecular weight excluding hydrogens is 1220 g/mol. The summed E-state index contributed by atoms with van der Waals surface area (Å²) in [6, 6.07) is 13.7. The summed E-state index contributed by atoms with van der Waals surface area (Å²) in [7, 11) is 0. The predicted octanol–water partition coefficient (Wildman–Crippen LogP) is 7.49. The van der Waals surface area contributed by atoms with E-state index in [0.717, 1.165) is 49.8 Å². The first-order valence-electron chi connectivity index (χ1n) is 32.5. The van der Waals surface area contributed by atoms with Crippen LogP contribution in [-0.4, -0.2) is 208 Å². The van der Waals surface area contributed by atoms with Crippen molar-refractivity contribution in [2.24, 2.45) is 5.41 Å². The van der Waals surface area contributed by atoms with E-state index in [-0.39, 0.29) is 133 Å². The Bertz CT molecular complexity index is 3280. The number of ketones is 3. The van der Waals surface area contributed by atoms with Gasteiger partial charge in [0.25, 0.3) is 0 Å². The Labute approximate surface area is 556 Å². The number of aromatic nitrogens is 2. The number of nitrogens with one attached hydrogen (secondary N) is 4. The van der Waals surface area contributed by atoms with E-state index in [1.165, 1.54) is 11.1 Å². The van der Waals surface area contributed by atoms with Crippen LogP contribution in [0.4, 0.5) is 11.5 Å². The van der Waals surface area contributed by atoms with Gasteiger partial charge in [0, 0.05) is 119 Å². The number of aliphatic hydroxyl groups excluding tert-OH is 1. The number of likely N-dealkylation sites (tertiary alicyclic amines) is 1. The van der Waals surface area contributed by atoms with Crippen molar-refractivity contribution in [3.63, 3.8) is 0 Å². The fraction of sp³-hybridized carbons (Fsp3) is 0.543. The van der Waals surface area contributed by atoms with Gasteiger partial charge in [-0.1, -0.05) is 56.7 Å². The molecule has 0 bridgehead atoms. The lowest BCUT2D eigenvalue weighted by Gasteiger charge is -2.35. The maximum atomic E-state index is 14.0. The number of thiazole rings is 1. The van der Waals surface area contributed by atoms with Crippen LogP contribution in [0.3, 0.4) is 0 Å². The van der Waals surface area contributed by atoms with Crippen LogP contribution in [0, 0.1) is 17.7 Å². The summed E-state index contributed by atoms with van der Waals surface area (Å²) in [5.41, 5.74) is 9.78. The monoisotopic (exact) mass is 1320 g/mol. The number of aryl methyl sites for hydroxylation is 1. The fourth-order valence-corrected chi connectivity index (χ4v) is 12.1. The van der Waals surface area contributed by atoms with Crippen LogP contribution in [0.15, 0.2) is 83.0 Å². The van der Waals surface area contributed by atoms with Crippen molar-refractivity contribution in [2.75, 3.05) is 122 Å². The number of hydrogen-bond acceptors (Lipinski definition) is 20. The molecular formula is C70H95N9O14S. The Kier molecular flexibility index (Phi) is 29.1. The molecule has 0 saturated carbocycles. The first-order valence-corrected chi connectivity index (χ1v) is 33.4. The molecule has 510 valence electrons. The van der Waals surface area contributed by atoms with Crippen molar-refractivity contribution >= 4 is 70.0 Å². The SMILES string of the molecule is CC1=CC(C)=C(CCC(=O)c2cc(-c3ccc(N4CCN(C(=O)COCCOCCOCC(=O)CCCOCCOCCOCCC(=O)N[C@H](C(=O)N5C[C@H](O)C[C@H]5C(=O)NCc5ccc(-c6scnc6C)cc5)C(C)(C)C)CC4)nc3)cc(NC(C)C)c2C=N)C(=O)C1. The number of allylic oxidation sites excluding steroid dienone is 4. The number of benzene rings is 2. The van der Waals surface area contributed by atoms with Crippen LogP contribution >= 0.6 is 11.3 Å². The number of hydrogen-bond donors (Lipinski definition) is 5. The molecule has 24 heteroatoms. The summed E-state index contributed by atoms with van der Waals surface area (Å²) in [5, 5.41) is 28.0. The van der Waals surface area contributed by atoms with Crippen molar-refractivity contribution < 1.29 is 67.1 Å². The number of β-amino-alcohol motifs (C(OH)–C–C–N with tert-alkyl or cyclic N) is 1. The van der Waals surface area contributed by atoms with Crippen LogP contribution in [0.2, 0.25) is 0 Å². The maximum Gasteiger partial charge on any atom is 0.248 e. The van der Waals surface area contributed by atoms with Crippen LogP contribution in [0.5, 0.6) is 0 Å². The number of pyridine rings is 1. The molecule has 4 heterocycles. The van der Waals surface area contributed by atoms with Crippen molar-refractivity contribution in [2.45, 2.75) is 131 Å². The van der Waals surface area contributed by atoms with Crippen molar-refractivity contribution in [3.05, 3.63) is 105 Å². The number of piperazine rings is 1. The Morgan fingerprint density at radius 1 is 0.777 bits per heavy atom.